The Morgan fingerprint density at radius 1 is 0.794 bits per heavy atom. The highest BCUT2D eigenvalue weighted by Gasteiger charge is 2.22. The topological polar surface area (TPSA) is 65.6 Å². The fourth-order valence-electron chi connectivity index (χ4n) is 4.35. The average molecular weight is 466 g/mol. The van der Waals surface area contributed by atoms with Gasteiger partial charge in [0.2, 0.25) is 0 Å². The molecule has 0 amide bonds. The fraction of sp³-hybridized carbons (Fsp3) is 0.111. The van der Waals surface area contributed by atoms with E-state index >= 15 is 0 Å². The molecule has 3 aromatic heterocycles. The van der Waals surface area contributed by atoms with Gasteiger partial charge in [0.25, 0.3) is 5.56 Å². The molecule has 0 aliphatic carbocycles. The van der Waals surface area contributed by atoms with E-state index in [2.05, 4.69) is 0 Å². The number of hydrogen-bond acceptors (Lipinski definition) is 4. The SMILES string of the molecule is Cc1ccc(-n2c3nc4ccccc4nc3c3c(=O)n(Cc4ccccc4Cl)c(C)nc32)cc1. The second-order valence-electron chi connectivity index (χ2n) is 8.40. The molecule has 6 rings (SSSR count). The van der Waals surface area contributed by atoms with Crippen LogP contribution in [0.5, 0.6) is 0 Å². The van der Waals surface area contributed by atoms with Crippen LogP contribution in [0.3, 0.4) is 0 Å². The number of fused-ring (bicyclic) bond motifs is 4. The standard InChI is InChI=1S/C27H20ClN5O/c1-16-11-13-19(14-12-16)33-25-23(24-26(33)31-22-10-6-5-9-21(22)30-24)27(34)32(17(2)29-25)15-18-7-3-4-8-20(18)28/h3-14H,15H2,1-2H3. The smallest absolute Gasteiger partial charge is 0.265 e. The van der Waals surface area contributed by atoms with Gasteiger partial charge in [0, 0.05) is 10.7 Å². The summed E-state index contributed by atoms with van der Waals surface area (Å²) in [5.74, 6) is 0.596. The highest BCUT2D eigenvalue weighted by molar-refractivity contribution is 6.31. The molecule has 34 heavy (non-hydrogen) atoms. The van der Waals surface area contributed by atoms with Crippen molar-refractivity contribution < 1.29 is 0 Å². The van der Waals surface area contributed by atoms with Crippen molar-refractivity contribution in [3.05, 3.63) is 105 Å². The summed E-state index contributed by atoms with van der Waals surface area (Å²) in [5, 5.41) is 1.06. The molecule has 0 atom stereocenters. The molecular formula is C27H20ClN5O. The Morgan fingerprint density at radius 2 is 1.47 bits per heavy atom. The zero-order valence-electron chi connectivity index (χ0n) is 18.7. The van der Waals surface area contributed by atoms with Gasteiger partial charge in [-0.05, 0) is 49.7 Å². The largest absolute Gasteiger partial charge is 0.292 e. The lowest BCUT2D eigenvalue weighted by molar-refractivity contribution is 0.711. The second-order valence-corrected chi connectivity index (χ2v) is 8.80. The van der Waals surface area contributed by atoms with Crippen molar-refractivity contribution in [2.24, 2.45) is 0 Å². The first kappa shape index (κ1) is 20.6. The highest BCUT2D eigenvalue weighted by atomic mass is 35.5. The second kappa shape index (κ2) is 7.78. The molecule has 7 heteroatoms. The van der Waals surface area contributed by atoms with Gasteiger partial charge in [0.15, 0.2) is 11.3 Å². The molecule has 0 radical (unpaired) electrons. The Bertz CT molecular complexity index is 1780. The van der Waals surface area contributed by atoms with Gasteiger partial charge in [-0.15, -0.1) is 0 Å². The summed E-state index contributed by atoms with van der Waals surface area (Å²) in [6.45, 7) is 4.20. The lowest BCUT2D eigenvalue weighted by atomic mass is 10.2. The summed E-state index contributed by atoms with van der Waals surface area (Å²) in [5.41, 5.74) is 5.91. The maximum absolute atomic E-state index is 13.9. The van der Waals surface area contributed by atoms with E-state index in [1.165, 1.54) is 0 Å². The molecule has 0 bridgehead atoms. The van der Waals surface area contributed by atoms with Crippen LogP contribution in [0.1, 0.15) is 17.0 Å². The summed E-state index contributed by atoms with van der Waals surface area (Å²) < 4.78 is 3.58. The molecule has 0 aliphatic heterocycles. The highest BCUT2D eigenvalue weighted by Crippen LogP contribution is 2.29. The number of nitrogens with zero attached hydrogens (tertiary/aromatic N) is 5. The van der Waals surface area contributed by atoms with Gasteiger partial charge < -0.3 is 0 Å². The van der Waals surface area contributed by atoms with Gasteiger partial charge in [-0.25, -0.2) is 15.0 Å². The van der Waals surface area contributed by atoms with Gasteiger partial charge in [0.1, 0.15) is 16.7 Å². The molecule has 3 heterocycles. The van der Waals surface area contributed by atoms with Crippen molar-refractivity contribution in [2.75, 3.05) is 0 Å². The quantitative estimate of drug-likeness (QED) is 0.341. The van der Waals surface area contributed by atoms with Crippen LogP contribution in [0.2, 0.25) is 5.02 Å². The Kier molecular flexibility index (Phi) is 4.71. The van der Waals surface area contributed by atoms with Crippen molar-refractivity contribution >= 4 is 44.8 Å². The molecular weight excluding hydrogens is 446 g/mol. The van der Waals surface area contributed by atoms with Crippen molar-refractivity contribution in [3.63, 3.8) is 0 Å². The first-order valence-corrected chi connectivity index (χ1v) is 11.4. The summed E-state index contributed by atoms with van der Waals surface area (Å²) in [7, 11) is 0. The first-order valence-electron chi connectivity index (χ1n) is 11.0. The zero-order valence-corrected chi connectivity index (χ0v) is 19.4. The number of rotatable bonds is 3. The third kappa shape index (κ3) is 3.18. The van der Waals surface area contributed by atoms with E-state index in [1.807, 2.05) is 91.2 Å². The van der Waals surface area contributed by atoms with Crippen molar-refractivity contribution in [1.82, 2.24) is 24.1 Å². The van der Waals surface area contributed by atoms with E-state index in [9.17, 15) is 4.79 Å². The Balaban J connectivity index is 1.72. The van der Waals surface area contributed by atoms with Gasteiger partial charge in [-0.3, -0.25) is 13.9 Å². The van der Waals surface area contributed by atoms with E-state index in [4.69, 9.17) is 26.6 Å². The van der Waals surface area contributed by atoms with Crippen molar-refractivity contribution in [1.29, 1.82) is 0 Å². The number of hydrogen-bond donors (Lipinski definition) is 0. The predicted octanol–water partition coefficient (Wildman–Crippen LogP) is 5.60. The predicted molar refractivity (Wildman–Crippen MR) is 136 cm³/mol. The molecule has 0 spiro atoms. The third-order valence-corrected chi connectivity index (χ3v) is 6.50. The van der Waals surface area contributed by atoms with Crippen LogP contribution < -0.4 is 5.56 Å². The van der Waals surface area contributed by atoms with E-state index in [0.717, 1.165) is 27.8 Å². The van der Waals surface area contributed by atoms with E-state index in [-0.39, 0.29) is 5.56 Å². The zero-order chi connectivity index (χ0) is 23.4. The molecule has 0 fully saturated rings. The van der Waals surface area contributed by atoms with Crippen LogP contribution in [0.25, 0.3) is 38.9 Å². The number of benzene rings is 3. The molecule has 0 aliphatic rings. The van der Waals surface area contributed by atoms with Crippen LogP contribution in [0.15, 0.2) is 77.6 Å². The third-order valence-electron chi connectivity index (χ3n) is 6.13. The number of aryl methyl sites for hydroxylation is 2. The van der Waals surface area contributed by atoms with E-state index < -0.39 is 0 Å². The molecule has 6 nitrogen and oxygen atoms in total. The molecule has 3 aromatic carbocycles. The minimum atomic E-state index is -0.164. The molecule has 0 saturated heterocycles. The van der Waals surface area contributed by atoms with E-state index in [0.29, 0.717) is 39.6 Å². The van der Waals surface area contributed by atoms with E-state index in [1.54, 1.807) is 4.57 Å². The molecule has 0 unspecified atom stereocenters. The maximum Gasteiger partial charge on any atom is 0.265 e. The molecule has 0 N–H and O–H groups in total. The molecule has 166 valence electrons. The van der Waals surface area contributed by atoms with Crippen LogP contribution in [0, 0.1) is 13.8 Å². The molecule has 0 saturated carbocycles. The van der Waals surface area contributed by atoms with Crippen molar-refractivity contribution in [2.45, 2.75) is 20.4 Å². The molecule has 6 aromatic rings. The summed E-state index contributed by atoms with van der Waals surface area (Å²) in [4.78, 5) is 28.6. The monoisotopic (exact) mass is 465 g/mol. The van der Waals surface area contributed by atoms with Gasteiger partial charge in [0.05, 0.1) is 17.6 Å². The van der Waals surface area contributed by atoms with Crippen LogP contribution in [0.4, 0.5) is 0 Å². The summed E-state index contributed by atoms with van der Waals surface area (Å²) >= 11 is 6.39. The Hall–Kier alpha value is -4.03. The number of aromatic nitrogens is 5. The van der Waals surface area contributed by atoms with Gasteiger partial charge in [-0.2, -0.15) is 0 Å². The Morgan fingerprint density at radius 3 is 2.21 bits per heavy atom. The normalized spacial score (nSPS) is 11.6. The Labute approximate surface area is 200 Å². The summed E-state index contributed by atoms with van der Waals surface area (Å²) in [6, 6.07) is 23.3. The number of para-hydroxylation sites is 2. The lowest BCUT2D eigenvalue weighted by Crippen LogP contribution is -2.24. The fourth-order valence-corrected chi connectivity index (χ4v) is 4.55. The summed E-state index contributed by atoms with van der Waals surface area (Å²) in [6.07, 6.45) is 0. The average Bonchev–Trinajstić information content (AvgIpc) is 3.14. The van der Waals surface area contributed by atoms with Gasteiger partial charge >= 0.3 is 0 Å². The lowest BCUT2D eigenvalue weighted by Gasteiger charge is -2.12. The van der Waals surface area contributed by atoms with Crippen LogP contribution >= 0.6 is 11.6 Å². The van der Waals surface area contributed by atoms with Gasteiger partial charge in [-0.1, -0.05) is 59.6 Å². The minimum absolute atomic E-state index is 0.164. The minimum Gasteiger partial charge on any atom is -0.292 e. The first-order chi connectivity index (χ1) is 16.5. The van der Waals surface area contributed by atoms with Crippen LogP contribution in [-0.2, 0) is 6.54 Å². The maximum atomic E-state index is 13.9. The van der Waals surface area contributed by atoms with Crippen molar-refractivity contribution in [3.8, 4) is 5.69 Å². The van der Waals surface area contributed by atoms with Crippen LogP contribution in [-0.4, -0.2) is 24.1 Å². The number of halogens is 1.